The Hall–Kier alpha value is -2.63. The minimum absolute atomic E-state index is 0.0109. The molecular weight excluding hydrogens is 506 g/mol. The van der Waals surface area contributed by atoms with E-state index in [1.54, 1.807) is 0 Å². The van der Waals surface area contributed by atoms with Crippen molar-refractivity contribution in [1.29, 1.82) is 0 Å². The Bertz CT molecular complexity index is 1210. The lowest BCUT2D eigenvalue weighted by Crippen LogP contribution is -2.39. The van der Waals surface area contributed by atoms with Gasteiger partial charge in [-0.05, 0) is 113 Å². The molecule has 0 radical (unpaired) electrons. The molecule has 6 heteroatoms. The van der Waals surface area contributed by atoms with Crippen molar-refractivity contribution in [3.63, 3.8) is 0 Å². The summed E-state index contributed by atoms with van der Waals surface area (Å²) in [5, 5.41) is 4.79. The number of rotatable bonds is 15. The van der Waals surface area contributed by atoms with Crippen LogP contribution in [-0.2, 0) is 0 Å². The number of unbranched alkanes of at least 4 members (excludes halogenated alkanes) is 1. The van der Waals surface area contributed by atoms with Crippen molar-refractivity contribution < 1.29 is 4.74 Å². The van der Waals surface area contributed by atoms with Crippen LogP contribution in [0.15, 0.2) is 36.0 Å². The SMILES string of the molecule is C=C(C(=NC)C(C)CC)c1ccc(-n2ccc(OCCC(C3CC3)C3CC3)n2)nc1N1CC(CCCC)CC1(C)C. The molecule has 0 N–H and O–H groups in total. The van der Waals surface area contributed by atoms with Crippen molar-refractivity contribution in [2.24, 2.45) is 34.6 Å². The van der Waals surface area contributed by atoms with E-state index in [0.29, 0.717) is 17.7 Å². The molecule has 2 aliphatic carbocycles. The van der Waals surface area contributed by atoms with Crippen LogP contribution in [0, 0.1) is 29.6 Å². The molecule has 2 atom stereocenters. The predicted molar refractivity (Wildman–Crippen MR) is 171 cm³/mol. The lowest BCUT2D eigenvalue weighted by molar-refractivity contribution is 0.243. The zero-order valence-electron chi connectivity index (χ0n) is 26.5. The first-order chi connectivity index (χ1) is 19.7. The Labute approximate surface area is 248 Å². The van der Waals surface area contributed by atoms with E-state index in [2.05, 4.69) is 63.2 Å². The van der Waals surface area contributed by atoms with Gasteiger partial charge in [-0.25, -0.2) is 9.67 Å². The average molecular weight is 560 g/mol. The van der Waals surface area contributed by atoms with Gasteiger partial charge in [-0.15, -0.1) is 5.10 Å². The number of ether oxygens (including phenoxy) is 1. The van der Waals surface area contributed by atoms with Crippen LogP contribution >= 0.6 is 0 Å². The Morgan fingerprint density at radius 1 is 1.15 bits per heavy atom. The molecule has 2 aromatic heterocycles. The van der Waals surface area contributed by atoms with E-state index in [-0.39, 0.29) is 5.54 Å². The topological polar surface area (TPSA) is 55.5 Å². The second-order valence-electron chi connectivity index (χ2n) is 13.6. The first kappa shape index (κ1) is 29.8. The maximum atomic E-state index is 6.16. The summed E-state index contributed by atoms with van der Waals surface area (Å²) in [6.07, 6.45) is 14.8. The second-order valence-corrected chi connectivity index (χ2v) is 13.6. The Balaban J connectivity index is 1.39. The van der Waals surface area contributed by atoms with E-state index >= 15 is 0 Å². The Kier molecular flexibility index (Phi) is 9.25. The van der Waals surface area contributed by atoms with Gasteiger partial charge < -0.3 is 9.64 Å². The van der Waals surface area contributed by atoms with E-state index in [0.717, 1.165) is 72.2 Å². The predicted octanol–water partition coefficient (Wildman–Crippen LogP) is 8.40. The lowest BCUT2D eigenvalue weighted by atomic mass is 9.91. The Morgan fingerprint density at radius 3 is 2.51 bits per heavy atom. The van der Waals surface area contributed by atoms with Crippen LogP contribution in [0.4, 0.5) is 5.82 Å². The number of allylic oxidation sites excluding steroid dienone is 1. The number of nitrogens with zero attached hydrogens (tertiary/aromatic N) is 5. The molecule has 2 saturated carbocycles. The highest BCUT2D eigenvalue weighted by Gasteiger charge is 2.41. The van der Waals surface area contributed by atoms with Crippen LogP contribution in [-0.4, -0.2) is 46.2 Å². The molecule has 2 unspecified atom stereocenters. The molecular formula is C35H53N5O. The molecule has 0 spiro atoms. The fraction of sp³-hybridized carbons (Fsp3) is 0.686. The van der Waals surface area contributed by atoms with E-state index in [4.69, 9.17) is 14.8 Å². The van der Waals surface area contributed by atoms with Gasteiger partial charge in [-0.1, -0.05) is 40.2 Å². The molecule has 224 valence electrons. The number of hydrogen-bond acceptors (Lipinski definition) is 5. The quantitative estimate of drug-likeness (QED) is 0.206. The first-order valence-corrected chi connectivity index (χ1v) is 16.4. The molecule has 2 aromatic rings. The van der Waals surface area contributed by atoms with Crippen LogP contribution in [0.5, 0.6) is 5.88 Å². The molecule has 0 amide bonds. The number of pyridine rings is 1. The van der Waals surface area contributed by atoms with Crippen LogP contribution in [0.25, 0.3) is 11.4 Å². The standard InChI is InChI=1S/C35H53N5O/c1-8-10-11-26-22-35(5,6)39(23-26)34-29(25(4)33(36-7)24(3)9-2)16-17-31(37-34)40-20-18-32(38-40)41-21-19-30(27-12-13-27)28-14-15-28/h16-18,20,24,26-28,30H,4,8-15,19,21-23H2,1-3,5-7H3. The minimum Gasteiger partial charge on any atom is -0.477 e. The molecule has 3 aliphatic rings. The molecule has 0 bridgehead atoms. The molecule has 3 heterocycles. The zero-order valence-corrected chi connectivity index (χ0v) is 26.5. The molecule has 1 aliphatic heterocycles. The largest absolute Gasteiger partial charge is 0.477 e. The van der Waals surface area contributed by atoms with Crippen molar-refractivity contribution in [2.45, 2.75) is 104 Å². The van der Waals surface area contributed by atoms with Gasteiger partial charge in [0, 0.05) is 42.7 Å². The summed E-state index contributed by atoms with van der Waals surface area (Å²) in [6.45, 7) is 17.8. The zero-order chi connectivity index (χ0) is 29.1. The molecule has 5 rings (SSSR count). The van der Waals surface area contributed by atoms with Crippen molar-refractivity contribution in [1.82, 2.24) is 14.8 Å². The van der Waals surface area contributed by atoms with Gasteiger partial charge in [-0.2, -0.15) is 0 Å². The fourth-order valence-electron chi connectivity index (χ4n) is 7.15. The maximum absolute atomic E-state index is 6.16. The molecule has 3 fully saturated rings. The number of aliphatic imine (C=N–C) groups is 1. The number of anilines is 1. The third kappa shape index (κ3) is 6.89. The van der Waals surface area contributed by atoms with Crippen LogP contribution in [0.3, 0.4) is 0 Å². The van der Waals surface area contributed by atoms with Gasteiger partial charge in [-0.3, -0.25) is 4.99 Å². The highest BCUT2D eigenvalue weighted by atomic mass is 16.5. The molecule has 41 heavy (non-hydrogen) atoms. The van der Waals surface area contributed by atoms with Gasteiger partial charge in [0.15, 0.2) is 5.82 Å². The first-order valence-electron chi connectivity index (χ1n) is 16.4. The molecule has 6 nitrogen and oxygen atoms in total. The third-order valence-electron chi connectivity index (χ3n) is 9.95. The fourth-order valence-corrected chi connectivity index (χ4v) is 7.15. The van der Waals surface area contributed by atoms with Gasteiger partial charge in [0.05, 0.1) is 6.61 Å². The van der Waals surface area contributed by atoms with Crippen molar-refractivity contribution in [2.75, 3.05) is 25.1 Å². The number of hydrogen-bond donors (Lipinski definition) is 0. The van der Waals surface area contributed by atoms with Crippen LogP contribution in [0.1, 0.15) is 104 Å². The summed E-state index contributed by atoms with van der Waals surface area (Å²) in [5.41, 5.74) is 3.13. The van der Waals surface area contributed by atoms with Gasteiger partial charge >= 0.3 is 0 Å². The number of aromatic nitrogens is 3. The van der Waals surface area contributed by atoms with Crippen LogP contribution in [0.2, 0.25) is 0 Å². The smallest absolute Gasteiger partial charge is 0.233 e. The lowest BCUT2D eigenvalue weighted by Gasteiger charge is -2.34. The highest BCUT2D eigenvalue weighted by molar-refractivity contribution is 6.25. The van der Waals surface area contributed by atoms with Gasteiger partial charge in [0.25, 0.3) is 0 Å². The maximum Gasteiger partial charge on any atom is 0.233 e. The summed E-state index contributed by atoms with van der Waals surface area (Å²) >= 11 is 0. The van der Waals surface area contributed by atoms with Crippen LogP contribution < -0.4 is 9.64 Å². The van der Waals surface area contributed by atoms with E-state index in [9.17, 15) is 0 Å². The third-order valence-corrected chi connectivity index (χ3v) is 9.95. The normalized spacial score (nSPS) is 21.5. The van der Waals surface area contributed by atoms with E-state index in [1.807, 2.05) is 24.0 Å². The van der Waals surface area contributed by atoms with Crippen molar-refractivity contribution in [3.05, 3.63) is 36.5 Å². The monoisotopic (exact) mass is 559 g/mol. The Morgan fingerprint density at radius 2 is 1.88 bits per heavy atom. The second kappa shape index (κ2) is 12.7. The summed E-state index contributed by atoms with van der Waals surface area (Å²) in [7, 11) is 1.89. The summed E-state index contributed by atoms with van der Waals surface area (Å²) in [4.78, 5) is 12.5. The summed E-state index contributed by atoms with van der Waals surface area (Å²) < 4.78 is 8.02. The van der Waals surface area contributed by atoms with E-state index in [1.165, 1.54) is 51.4 Å². The van der Waals surface area contributed by atoms with E-state index < -0.39 is 0 Å². The molecule has 1 saturated heterocycles. The molecule has 0 aromatic carbocycles. The van der Waals surface area contributed by atoms with Gasteiger partial charge in [0.1, 0.15) is 5.82 Å². The highest BCUT2D eigenvalue weighted by Crippen LogP contribution is 2.50. The van der Waals surface area contributed by atoms with Crippen molar-refractivity contribution >= 4 is 17.1 Å². The average Bonchev–Trinajstić information content (AvgIpc) is 3.90. The van der Waals surface area contributed by atoms with Gasteiger partial charge in [0.2, 0.25) is 5.88 Å². The summed E-state index contributed by atoms with van der Waals surface area (Å²) in [5.74, 6) is 6.27. The summed E-state index contributed by atoms with van der Waals surface area (Å²) in [6, 6.07) is 6.22. The van der Waals surface area contributed by atoms with Crippen molar-refractivity contribution in [3.8, 4) is 11.7 Å². The minimum atomic E-state index is 0.0109.